The van der Waals surface area contributed by atoms with Crippen LogP contribution < -0.4 is 5.73 Å². The topological polar surface area (TPSA) is 35.2 Å². The van der Waals surface area contributed by atoms with Crippen LogP contribution in [0.1, 0.15) is 32.3 Å². The molecule has 1 aromatic rings. The van der Waals surface area contributed by atoms with E-state index in [-0.39, 0.29) is 11.6 Å². The van der Waals surface area contributed by atoms with Crippen molar-refractivity contribution in [2.24, 2.45) is 5.73 Å². The molecule has 0 saturated carbocycles. The minimum Gasteiger partial charge on any atom is -0.379 e. The van der Waals surface area contributed by atoms with Crippen LogP contribution in [-0.2, 0) is 11.2 Å². The van der Waals surface area contributed by atoms with E-state index in [2.05, 4.69) is 0 Å². The lowest BCUT2D eigenvalue weighted by Crippen LogP contribution is -2.29. The maximum atomic E-state index is 13.4. The largest absolute Gasteiger partial charge is 0.379 e. The standard InChI is InChI=1S/C14H21F2NO/c1-14(2,18-3)7-6-12(17)8-10-4-5-11(15)9-13(10)16/h4-5,9,12H,6-8,17H2,1-3H3. The third-order valence-corrected chi connectivity index (χ3v) is 3.17. The van der Waals surface area contributed by atoms with Gasteiger partial charge in [-0.2, -0.15) is 0 Å². The fraction of sp³-hybridized carbons (Fsp3) is 0.571. The molecule has 0 bridgehead atoms. The Kier molecular flexibility index (Phi) is 5.23. The molecule has 2 N–H and O–H groups in total. The Balaban J connectivity index is 2.52. The molecule has 1 atom stereocenters. The van der Waals surface area contributed by atoms with E-state index in [1.807, 2.05) is 13.8 Å². The van der Waals surface area contributed by atoms with Gasteiger partial charge in [0.25, 0.3) is 0 Å². The molecular formula is C14H21F2NO. The van der Waals surface area contributed by atoms with Crippen molar-refractivity contribution in [1.82, 2.24) is 0 Å². The van der Waals surface area contributed by atoms with E-state index in [0.29, 0.717) is 12.0 Å². The highest BCUT2D eigenvalue weighted by atomic mass is 19.1. The van der Waals surface area contributed by atoms with Crippen LogP contribution in [-0.4, -0.2) is 18.8 Å². The van der Waals surface area contributed by atoms with Crippen molar-refractivity contribution in [3.63, 3.8) is 0 Å². The zero-order valence-corrected chi connectivity index (χ0v) is 11.2. The number of benzene rings is 1. The fourth-order valence-corrected chi connectivity index (χ4v) is 1.71. The second-order valence-electron chi connectivity index (χ2n) is 5.20. The maximum absolute atomic E-state index is 13.4. The smallest absolute Gasteiger partial charge is 0.129 e. The van der Waals surface area contributed by atoms with Crippen molar-refractivity contribution < 1.29 is 13.5 Å². The van der Waals surface area contributed by atoms with E-state index in [1.54, 1.807) is 7.11 Å². The normalized spacial score (nSPS) is 13.7. The molecule has 4 heteroatoms. The first-order chi connectivity index (χ1) is 8.34. The highest BCUT2D eigenvalue weighted by Gasteiger charge is 2.18. The molecule has 0 heterocycles. The van der Waals surface area contributed by atoms with Gasteiger partial charge in [-0.05, 0) is 44.7 Å². The minimum atomic E-state index is -0.565. The van der Waals surface area contributed by atoms with Gasteiger partial charge in [-0.3, -0.25) is 0 Å². The SMILES string of the molecule is COC(C)(C)CCC(N)Cc1ccc(F)cc1F. The molecule has 0 radical (unpaired) electrons. The number of hydrogen-bond acceptors (Lipinski definition) is 2. The lowest BCUT2D eigenvalue weighted by Gasteiger charge is -2.24. The van der Waals surface area contributed by atoms with Gasteiger partial charge < -0.3 is 10.5 Å². The molecule has 0 aliphatic carbocycles. The zero-order valence-electron chi connectivity index (χ0n) is 11.2. The minimum absolute atomic E-state index is 0.153. The molecule has 0 fully saturated rings. The first-order valence-corrected chi connectivity index (χ1v) is 6.09. The molecule has 0 spiro atoms. The van der Waals surface area contributed by atoms with Crippen LogP contribution in [0.4, 0.5) is 8.78 Å². The summed E-state index contributed by atoms with van der Waals surface area (Å²) in [7, 11) is 1.66. The quantitative estimate of drug-likeness (QED) is 0.850. The lowest BCUT2D eigenvalue weighted by atomic mass is 9.95. The molecule has 102 valence electrons. The Labute approximate surface area is 107 Å². The van der Waals surface area contributed by atoms with Crippen molar-refractivity contribution in [3.05, 3.63) is 35.4 Å². The highest BCUT2D eigenvalue weighted by molar-refractivity contribution is 5.19. The third-order valence-electron chi connectivity index (χ3n) is 3.17. The number of nitrogens with two attached hydrogens (primary N) is 1. The van der Waals surface area contributed by atoms with Gasteiger partial charge in [0.2, 0.25) is 0 Å². The Morgan fingerprint density at radius 1 is 1.33 bits per heavy atom. The summed E-state index contributed by atoms with van der Waals surface area (Å²) in [6, 6.07) is 3.44. The maximum Gasteiger partial charge on any atom is 0.129 e. The highest BCUT2D eigenvalue weighted by Crippen LogP contribution is 2.18. The Morgan fingerprint density at radius 3 is 2.56 bits per heavy atom. The van der Waals surface area contributed by atoms with E-state index in [0.717, 1.165) is 18.9 Å². The molecule has 18 heavy (non-hydrogen) atoms. The second-order valence-corrected chi connectivity index (χ2v) is 5.20. The van der Waals surface area contributed by atoms with Crippen LogP contribution in [0.5, 0.6) is 0 Å². The lowest BCUT2D eigenvalue weighted by molar-refractivity contribution is 0.0125. The molecule has 1 aromatic carbocycles. The summed E-state index contributed by atoms with van der Waals surface area (Å²) in [6.07, 6.45) is 1.94. The molecule has 0 saturated heterocycles. The summed E-state index contributed by atoms with van der Waals surface area (Å²) < 4.78 is 31.5. The number of methoxy groups -OCH3 is 1. The van der Waals surface area contributed by atoms with Crippen molar-refractivity contribution >= 4 is 0 Å². The molecule has 1 rings (SSSR count). The van der Waals surface area contributed by atoms with Crippen molar-refractivity contribution in [1.29, 1.82) is 0 Å². The number of hydrogen-bond donors (Lipinski definition) is 1. The van der Waals surface area contributed by atoms with Gasteiger partial charge in [-0.15, -0.1) is 0 Å². The first-order valence-electron chi connectivity index (χ1n) is 6.09. The summed E-state index contributed by atoms with van der Waals surface area (Å²) in [5, 5.41) is 0. The average Bonchev–Trinajstić information content (AvgIpc) is 2.30. The number of rotatable bonds is 6. The van der Waals surface area contributed by atoms with Crippen LogP contribution in [0.15, 0.2) is 18.2 Å². The molecule has 2 nitrogen and oxygen atoms in total. The van der Waals surface area contributed by atoms with Gasteiger partial charge in [-0.1, -0.05) is 6.07 Å². The third kappa shape index (κ3) is 4.70. The van der Waals surface area contributed by atoms with E-state index in [4.69, 9.17) is 10.5 Å². The van der Waals surface area contributed by atoms with Gasteiger partial charge in [0.05, 0.1) is 5.60 Å². The van der Waals surface area contributed by atoms with Gasteiger partial charge in [0.15, 0.2) is 0 Å². The molecule has 0 aliphatic heterocycles. The second kappa shape index (κ2) is 6.25. The van der Waals surface area contributed by atoms with Gasteiger partial charge in [0, 0.05) is 19.2 Å². The van der Waals surface area contributed by atoms with E-state index >= 15 is 0 Å². The van der Waals surface area contributed by atoms with E-state index in [9.17, 15) is 8.78 Å². The summed E-state index contributed by atoms with van der Waals surface area (Å²) in [4.78, 5) is 0. The molecular weight excluding hydrogens is 236 g/mol. The molecule has 0 aromatic heterocycles. The number of halogens is 2. The summed E-state index contributed by atoms with van der Waals surface area (Å²) in [5.41, 5.74) is 6.19. The average molecular weight is 257 g/mol. The predicted molar refractivity (Wildman–Crippen MR) is 68.4 cm³/mol. The number of ether oxygens (including phenoxy) is 1. The Morgan fingerprint density at radius 2 is 2.00 bits per heavy atom. The Bertz CT molecular complexity index is 393. The van der Waals surface area contributed by atoms with Crippen molar-refractivity contribution in [2.75, 3.05) is 7.11 Å². The van der Waals surface area contributed by atoms with Crippen molar-refractivity contribution in [2.45, 2.75) is 44.8 Å². The first kappa shape index (κ1) is 15.1. The molecule has 1 unspecified atom stereocenters. The Hall–Kier alpha value is -1.00. The van der Waals surface area contributed by atoms with E-state index in [1.165, 1.54) is 12.1 Å². The zero-order chi connectivity index (χ0) is 13.8. The molecule has 0 amide bonds. The van der Waals surface area contributed by atoms with Crippen molar-refractivity contribution in [3.8, 4) is 0 Å². The van der Waals surface area contributed by atoms with Crippen LogP contribution in [0.25, 0.3) is 0 Å². The van der Waals surface area contributed by atoms with Crippen LogP contribution in [0.2, 0.25) is 0 Å². The van der Waals surface area contributed by atoms with Crippen LogP contribution >= 0.6 is 0 Å². The van der Waals surface area contributed by atoms with Crippen LogP contribution in [0, 0.1) is 11.6 Å². The van der Waals surface area contributed by atoms with Crippen LogP contribution in [0.3, 0.4) is 0 Å². The van der Waals surface area contributed by atoms with Gasteiger partial charge in [0.1, 0.15) is 11.6 Å². The fourth-order valence-electron chi connectivity index (χ4n) is 1.71. The summed E-state index contributed by atoms with van der Waals surface area (Å²) >= 11 is 0. The predicted octanol–water partition coefficient (Wildman–Crippen LogP) is 3.04. The van der Waals surface area contributed by atoms with Gasteiger partial charge in [-0.25, -0.2) is 8.78 Å². The monoisotopic (exact) mass is 257 g/mol. The van der Waals surface area contributed by atoms with Gasteiger partial charge >= 0.3 is 0 Å². The molecule has 0 aliphatic rings. The van der Waals surface area contributed by atoms with E-state index < -0.39 is 11.6 Å². The summed E-state index contributed by atoms with van der Waals surface area (Å²) in [5.74, 6) is -1.10. The summed E-state index contributed by atoms with van der Waals surface area (Å²) in [6.45, 7) is 3.97.